The summed E-state index contributed by atoms with van der Waals surface area (Å²) in [6.45, 7) is 5.21. The second-order valence-corrected chi connectivity index (χ2v) is 1.70. The van der Waals surface area contributed by atoms with Crippen molar-refractivity contribution in [1.82, 2.24) is 0 Å². The highest BCUT2D eigenvalue weighted by Gasteiger charge is 2.49. The third-order valence-corrected chi connectivity index (χ3v) is 1.14. The highest BCUT2D eigenvalue weighted by molar-refractivity contribution is 5.22. The first-order valence-corrected chi connectivity index (χ1v) is 2.61. The van der Waals surface area contributed by atoms with Crippen LogP contribution in [-0.2, 0) is 9.78 Å². The van der Waals surface area contributed by atoms with Crippen LogP contribution in [0.1, 0.15) is 6.92 Å². The summed E-state index contributed by atoms with van der Waals surface area (Å²) in [4.78, 5) is 8.51. The van der Waals surface area contributed by atoms with Gasteiger partial charge in [0.2, 0.25) is 0 Å². The van der Waals surface area contributed by atoms with Crippen LogP contribution in [0.5, 0.6) is 0 Å². The minimum absolute atomic E-state index is 0.530. The average molecular weight is 128 g/mol. The Hall–Kier alpha value is -0.640. The molecule has 0 spiro atoms. The molecule has 0 aromatic heterocycles. The number of aliphatic hydroxyl groups is 1. The second-order valence-electron chi connectivity index (χ2n) is 1.70. The zero-order valence-corrected chi connectivity index (χ0v) is 5.13. The van der Waals surface area contributed by atoms with Gasteiger partial charge in [-0.1, -0.05) is 18.7 Å². The zero-order valence-electron chi connectivity index (χ0n) is 5.13. The molecule has 0 aromatic rings. The molecule has 1 fully saturated rings. The van der Waals surface area contributed by atoms with Crippen molar-refractivity contribution in [3.05, 3.63) is 24.3 Å². The van der Waals surface area contributed by atoms with Crippen LogP contribution < -0.4 is 0 Å². The van der Waals surface area contributed by atoms with Crippen molar-refractivity contribution < 1.29 is 14.9 Å². The van der Waals surface area contributed by atoms with E-state index in [9.17, 15) is 0 Å². The predicted molar refractivity (Wildman–Crippen MR) is 31.1 cm³/mol. The molecule has 0 bridgehead atoms. The van der Waals surface area contributed by atoms with Gasteiger partial charge < -0.3 is 5.11 Å². The maximum atomic E-state index is 9.00. The number of allylic oxidation sites excluding steroid dienone is 1. The minimum atomic E-state index is -1.49. The molecule has 0 saturated carbocycles. The normalized spacial score (nSPS) is 23.6. The predicted octanol–water partition coefficient (Wildman–Crippen LogP) is 0.727. The molecule has 1 rings (SSSR count). The molecule has 1 aliphatic rings. The van der Waals surface area contributed by atoms with Gasteiger partial charge in [-0.2, -0.15) is 9.78 Å². The van der Waals surface area contributed by atoms with Crippen molar-refractivity contribution in [2.75, 3.05) is 0 Å². The minimum Gasteiger partial charge on any atom is -0.336 e. The third-order valence-electron chi connectivity index (χ3n) is 1.14. The van der Waals surface area contributed by atoms with E-state index in [1.54, 1.807) is 13.0 Å². The van der Waals surface area contributed by atoms with Gasteiger partial charge in [-0.15, -0.1) is 0 Å². The van der Waals surface area contributed by atoms with E-state index in [-0.39, 0.29) is 0 Å². The SMILES string of the molecule is C=CC(=CC)C1(O)OO1. The molecule has 9 heavy (non-hydrogen) atoms. The highest BCUT2D eigenvalue weighted by Crippen LogP contribution is 2.34. The molecule has 50 valence electrons. The summed E-state index contributed by atoms with van der Waals surface area (Å²) in [6, 6.07) is 0. The molecule has 1 heterocycles. The summed E-state index contributed by atoms with van der Waals surface area (Å²) in [5.41, 5.74) is 0.530. The maximum absolute atomic E-state index is 9.00. The molecule has 0 aliphatic carbocycles. The second kappa shape index (κ2) is 1.95. The Morgan fingerprint density at radius 3 is 2.33 bits per heavy atom. The van der Waals surface area contributed by atoms with Crippen molar-refractivity contribution in [3.8, 4) is 0 Å². The largest absolute Gasteiger partial charge is 0.364 e. The highest BCUT2D eigenvalue weighted by atomic mass is 17.4. The number of rotatable bonds is 2. The van der Waals surface area contributed by atoms with Gasteiger partial charge in [0.1, 0.15) is 0 Å². The topological polar surface area (TPSA) is 45.3 Å². The Morgan fingerprint density at radius 2 is 2.22 bits per heavy atom. The Kier molecular flexibility index (Phi) is 1.40. The third kappa shape index (κ3) is 1.03. The van der Waals surface area contributed by atoms with Gasteiger partial charge in [0.05, 0.1) is 0 Å². The van der Waals surface area contributed by atoms with Gasteiger partial charge in [-0.05, 0) is 6.92 Å². The molecular formula is C6H8O3. The van der Waals surface area contributed by atoms with Crippen LogP contribution in [0.15, 0.2) is 24.3 Å². The fraction of sp³-hybridized carbons (Fsp3) is 0.333. The van der Waals surface area contributed by atoms with Crippen LogP contribution in [0.4, 0.5) is 0 Å². The quantitative estimate of drug-likeness (QED) is 0.338. The van der Waals surface area contributed by atoms with Crippen molar-refractivity contribution in [2.24, 2.45) is 0 Å². The Balaban J connectivity index is 2.69. The molecule has 1 aliphatic heterocycles. The monoisotopic (exact) mass is 128 g/mol. The smallest absolute Gasteiger partial charge is 0.336 e. The van der Waals surface area contributed by atoms with Crippen LogP contribution in [0.3, 0.4) is 0 Å². The Morgan fingerprint density at radius 1 is 1.67 bits per heavy atom. The van der Waals surface area contributed by atoms with Crippen molar-refractivity contribution in [2.45, 2.75) is 12.9 Å². The summed E-state index contributed by atoms with van der Waals surface area (Å²) in [6.07, 6.45) is 3.15. The zero-order chi connectivity index (χ0) is 6.91. The Bertz CT molecular complexity index is 156. The summed E-state index contributed by atoms with van der Waals surface area (Å²) in [5, 5.41) is 9.00. The summed E-state index contributed by atoms with van der Waals surface area (Å²) < 4.78 is 0. The molecule has 3 heteroatoms. The van der Waals surface area contributed by atoms with Gasteiger partial charge in [0.25, 0.3) is 0 Å². The van der Waals surface area contributed by atoms with E-state index in [0.29, 0.717) is 5.57 Å². The molecule has 1 N–H and O–H groups in total. The van der Waals surface area contributed by atoms with E-state index in [1.165, 1.54) is 6.08 Å². The molecule has 1 saturated heterocycles. The first-order chi connectivity index (χ1) is 4.23. The fourth-order valence-corrected chi connectivity index (χ4v) is 0.565. The molecule has 0 amide bonds. The standard InChI is InChI=1S/C6H8O3/c1-3-5(4-2)6(7)8-9-6/h3-4,7H,1H2,2H3. The lowest BCUT2D eigenvalue weighted by Gasteiger charge is -1.95. The lowest BCUT2D eigenvalue weighted by molar-refractivity contribution is 0.0728. The van der Waals surface area contributed by atoms with Crippen molar-refractivity contribution in [1.29, 1.82) is 0 Å². The van der Waals surface area contributed by atoms with Gasteiger partial charge in [-0.3, -0.25) is 0 Å². The number of hydrogen-bond acceptors (Lipinski definition) is 3. The van der Waals surface area contributed by atoms with E-state index in [2.05, 4.69) is 16.4 Å². The average Bonchev–Trinajstić information content (AvgIpc) is 2.52. The first kappa shape index (κ1) is 6.48. The van der Waals surface area contributed by atoms with E-state index < -0.39 is 5.97 Å². The van der Waals surface area contributed by atoms with Gasteiger partial charge in [-0.25, -0.2) is 0 Å². The maximum Gasteiger partial charge on any atom is 0.364 e. The molecule has 0 unspecified atom stereocenters. The first-order valence-electron chi connectivity index (χ1n) is 2.61. The van der Waals surface area contributed by atoms with E-state index in [1.807, 2.05) is 0 Å². The number of hydrogen-bond donors (Lipinski definition) is 1. The van der Waals surface area contributed by atoms with Gasteiger partial charge in [0, 0.05) is 5.57 Å². The molecule has 0 radical (unpaired) electrons. The van der Waals surface area contributed by atoms with Crippen LogP contribution in [0.2, 0.25) is 0 Å². The summed E-state index contributed by atoms with van der Waals surface area (Å²) in [7, 11) is 0. The molecule has 0 atom stereocenters. The van der Waals surface area contributed by atoms with Crippen molar-refractivity contribution in [3.63, 3.8) is 0 Å². The Labute approximate surface area is 53.1 Å². The summed E-state index contributed by atoms with van der Waals surface area (Å²) in [5.74, 6) is -1.49. The van der Waals surface area contributed by atoms with Gasteiger partial charge >= 0.3 is 5.97 Å². The van der Waals surface area contributed by atoms with E-state index in [4.69, 9.17) is 5.11 Å². The van der Waals surface area contributed by atoms with Crippen molar-refractivity contribution >= 4 is 0 Å². The summed E-state index contributed by atoms with van der Waals surface area (Å²) >= 11 is 0. The van der Waals surface area contributed by atoms with Crippen LogP contribution in [0.25, 0.3) is 0 Å². The fourth-order valence-electron chi connectivity index (χ4n) is 0.565. The van der Waals surface area contributed by atoms with Crippen LogP contribution in [0, 0.1) is 0 Å². The van der Waals surface area contributed by atoms with Crippen LogP contribution in [-0.4, -0.2) is 11.1 Å². The molecular weight excluding hydrogens is 120 g/mol. The van der Waals surface area contributed by atoms with E-state index in [0.717, 1.165) is 0 Å². The van der Waals surface area contributed by atoms with Gasteiger partial charge in [0.15, 0.2) is 0 Å². The molecule has 3 nitrogen and oxygen atoms in total. The van der Waals surface area contributed by atoms with E-state index >= 15 is 0 Å². The molecule has 0 aromatic carbocycles. The lowest BCUT2D eigenvalue weighted by Crippen LogP contribution is -2.09. The van der Waals surface area contributed by atoms with Crippen LogP contribution >= 0.6 is 0 Å². The lowest BCUT2D eigenvalue weighted by atomic mass is 10.2.